The van der Waals surface area contributed by atoms with E-state index in [9.17, 15) is 0 Å². The first-order valence-corrected chi connectivity index (χ1v) is 8.61. The summed E-state index contributed by atoms with van der Waals surface area (Å²) in [4.78, 5) is 9.04. The third-order valence-corrected chi connectivity index (χ3v) is 5.02. The summed E-state index contributed by atoms with van der Waals surface area (Å²) >= 11 is 3.61. The van der Waals surface area contributed by atoms with Crippen molar-refractivity contribution in [3.63, 3.8) is 0 Å². The molecular weight excluding hydrogens is 274 g/mol. The van der Waals surface area contributed by atoms with Crippen LogP contribution in [0.15, 0.2) is 16.6 Å². The van der Waals surface area contributed by atoms with Crippen LogP contribution in [0.2, 0.25) is 0 Å². The Hall–Kier alpha value is -0.550. The Labute approximate surface area is 124 Å². The van der Waals surface area contributed by atoms with Crippen molar-refractivity contribution < 1.29 is 0 Å². The van der Waals surface area contributed by atoms with Crippen molar-refractivity contribution in [3.05, 3.63) is 16.6 Å². The van der Waals surface area contributed by atoms with Crippen LogP contribution < -0.4 is 5.32 Å². The van der Waals surface area contributed by atoms with Crippen LogP contribution in [0.25, 0.3) is 0 Å². The first kappa shape index (κ1) is 14.9. The van der Waals surface area contributed by atoms with Crippen LogP contribution in [-0.2, 0) is 0 Å². The molecule has 106 valence electrons. The van der Waals surface area contributed by atoms with Crippen LogP contribution >= 0.6 is 23.1 Å². The van der Waals surface area contributed by atoms with Crippen molar-refractivity contribution in [1.29, 1.82) is 0 Å². The van der Waals surface area contributed by atoms with E-state index in [1.165, 1.54) is 6.42 Å². The van der Waals surface area contributed by atoms with Gasteiger partial charge in [-0.15, -0.1) is 11.3 Å². The molecule has 1 aliphatic heterocycles. The second kappa shape index (κ2) is 6.27. The highest BCUT2D eigenvalue weighted by atomic mass is 32.2. The lowest BCUT2D eigenvalue weighted by atomic mass is 9.90. The van der Waals surface area contributed by atoms with Crippen molar-refractivity contribution in [1.82, 2.24) is 10.3 Å². The van der Waals surface area contributed by atoms with Gasteiger partial charge in [0, 0.05) is 16.8 Å². The average molecular weight is 297 g/mol. The molecule has 2 heterocycles. The number of hydrogen-bond donors (Lipinski definition) is 1. The van der Waals surface area contributed by atoms with Gasteiger partial charge in [0.1, 0.15) is 5.01 Å². The van der Waals surface area contributed by atoms with E-state index in [-0.39, 0.29) is 0 Å². The quantitative estimate of drug-likeness (QED) is 0.909. The van der Waals surface area contributed by atoms with Crippen LogP contribution in [0.1, 0.15) is 51.6 Å². The summed E-state index contributed by atoms with van der Waals surface area (Å²) in [6.45, 7) is 10.0. The van der Waals surface area contributed by atoms with Crippen molar-refractivity contribution in [2.75, 3.05) is 6.54 Å². The maximum atomic E-state index is 4.64. The molecule has 0 radical (unpaired) electrons. The molecule has 1 aromatic rings. The summed E-state index contributed by atoms with van der Waals surface area (Å²) in [6.07, 6.45) is 4.12. The van der Waals surface area contributed by atoms with Gasteiger partial charge in [0.25, 0.3) is 0 Å². The van der Waals surface area contributed by atoms with E-state index in [4.69, 9.17) is 0 Å². The Kier molecular flexibility index (Phi) is 4.90. The molecule has 0 amide bonds. The van der Waals surface area contributed by atoms with Crippen LogP contribution in [0, 0.1) is 5.41 Å². The van der Waals surface area contributed by atoms with E-state index in [0.717, 1.165) is 23.1 Å². The number of amidine groups is 1. The van der Waals surface area contributed by atoms with Gasteiger partial charge in [-0.3, -0.25) is 4.99 Å². The summed E-state index contributed by atoms with van der Waals surface area (Å²) in [5.74, 6) is 0. The lowest BCUT2D eigenvalue weighted by Gasteiger charge is -2.22. The topological polar surface area (TPSA) is 37.3 Å². The number of rotatable bonds is 4. The minimum atomic E-state index is 0.305. The third kappa shape index (κ3) is 4.49. The Morgan fingerprint density at radius 1 is 1.47 bits per heavy atom. The molecule has 1 aliphatic rings. The lowest BCUT2D eigenvalue weighted by Crippen LogP contribution is -2.25. The number of thiazole rings is 1. The second-order valence-corrected chi connectivity index (χ2v) is 8.34. The molecule has 19 heavy (non-hydrogen) atoms. The van der Waals surface area contributed by atoms with Crippen LogP contribution in [-0.4, -0.2) is 21.9 Å². The Bertz CT molecular complexity index is 420. The molecule has 0 bridgehead atoms. The average Bonchev–Trinajstić information content (AvgIpc) is 2.94. The zero-order valence-electron chi connectivity index (χ0n) is 12.1. The van der Waals surface area contributed by atoms with Gasteiger partial charge in [-0.05, 0) is 18.3 Å². The number of thioether (sulfide) groups is 1. The molecule has 0 saturated carbocycles. The lowest BCUT2D eigenvalue weighted by molar-refractivity contribution is 0.375. The maximum absolute atomic E-state index is 4.64. The zero-order valence-corrected chi connectivity index (χ0v) is 13.8. The minimum absolute atomic E-state index is 0.305. The fraction of sp³-hybridized carbons (Fsp3) is 0.714. The summed E-state index contributed by atoms with van der Waals surface area (Å²) < 4.78 is 0. The van der Waals surface area contributed by atoms with E-state index < -0.39 is 0 Å². The van der Waals surface area contributed by atoms with E-state index in [1.807, 2.05) is 23.3 Å². The largest absolute Gasteiger partial charge is 0.356 e. The van der Waals surface area contributed by atoms with Crippen LogP contribution in [0.4, 0.5) is 0 Å². The predicted molar refractivity (Wildman–Crippen MR) is 86.0 cm³/mol. The molecule has 3 nitrogen and oxygen atoms in total. The highest BCUT2D eigenvalue weighted by Gasteiger charge is 2.26. The standard InChI is InChI=1S/C14H23N3S2/c1-5-11(12-15-6-7-18-12)17-13-16-9-10(19-13)8-14(2,3)4/h6-7,10-11H,5,8-9H2,1-4H3,(H,16,17). The molecule has 1 aromatic heterocycles. The van der Waals surface area contributed by atoms with Crippen LogP contribution in [0.3, 0.4) is 0 Å². The van der Waals surface area contributed by atoms with Crippen molar-refractivity contribution in [2.45, 2.75) is 51.8 Å². The summed E-state index contributed by atoms with van der Waals surface area (Å²) in [5, 5.41) is 8.45. The van der Waals surface area contributed by atoms with E-state index in [1.54, 1.807) is 11.3 Å². The van der Waals surface area contributed by atoms with Crippen molar-refractivity contribution >= 4 is 28.3 Å². The third-order valence-electron chi connectivity index (χ3n) is 3.01. The van der Waals surface area contributed by atoms with Gasteiger partial charge >= 0.3 is 0 Å². The summed E-state index contributed by atoms with van der Waals surface area (Å²) in [6, 6.07) is 0.305. The molecule has 1 N–H and O–H groups in total. The van der Waals surface area contributed by atoms with E-state index >= 15 is 0 Å². The molecule has 5 heteroatoms. The predicted octanol–water partition coefficient (Wildman–Crippen LogP) is 4.09. The first-order chi connectivity index (χ1) is 8.98. The van der Waals surface area contributed by atoms with Crippen molar-refractivity contribution in [3.8, 4) is 0 Å². The van der Waals surface area contributed by atoms with Gasteiger partial charge in [-0.25, -0.2) is 4.98 Å². The second-order valence-electron chi connectivity index (χ2n) is 6.13. The van der Waals surface area contributed by atoms with Gasteiger partial charge in [0.05, 0.1) is 12.6 Å². The van der Waals surface area contributed by atoms with E-state index in [0.29, 0.717) is 16.7 Å². The molecule has 0 aromatic carbocycles. The molecule has 2 rings (SSSR count). The first-order valence-electron chi connectivity index (χ1n) is 6.85. The van der Waals surface area contributed by atoms with Crippen molar-refractivity contribution in [2.24, 2.45) is 10.4 Å². The monoisotopic (exact) mass is 297 g/mol. The van der Waals surface area contributed by atoms with E-state index in [2.05, 4.69) is 43.0 Å². The number of aromatic nitrogens is 1. The van der Waals surface area contributed by atoms with Gasteiger partial charge in [-0.2, -0.15) is 0 Å². The summed E-state index contributed by atoms with van der Waals surface area (Å²) in [7, 11) is 0. The maximum Gasteiger partial charge on any atom is 0.157 e. The van der Waals surface area contributed by atoms with Gasteiger partial charge in [0.15, 0.2) is 5.17 Å². The number of hydrogen-bond acceptors (Lipinski definition) is 5. The van der Waals surface area contributed by atoms with Gasteiger partial charge in [0.2, 0.25) is 0 Å². The molecule has 0 spiro atoms. The molecule has 2 unspecified atom stereocenters. The fourth-order valence-corrected chi connectivity index (χ4v) is 4.36. The Balaban J connectivity index is 1.87. The van der Waals surface area contributed by atoms with Gasteiger partial charge < -0.3 is 5.32 Å². The summed E-state index contributed by atoms with van der Waals surface area (Å²) in [5.41, 5.74) is 0.377. The number of nitrogens with one attached hydrogen (secondary N) is 1. The molecule has 0 saturated heterocycles. The highest BCUT2D eigenvalue weighted by Crippen LogP contribution is 2.32. The molecular formula is C14H23N3S2. The zero-order chi connectivity index (χ0) is 13.9. The normalized spacial score (nSPS) is 21.3. The fourth-order valence-electron chi connectivity index (χ4n) is 2.18. The number of aliphatic imine (C=N–C) groups is 1. The molecule has 0 aliphatic carbocycles. The smallest absolute Gasteiger partial charge is 0.157 e. The Morgan fingerprint density at radius 3 is 2.84 bits per heavy atom. The van der Waals surface area contributed by atoms with Crippen LogP contribution in [0.5, 0.6) is 0 Å². The highest BCUT2D eigenvalue weighted by molar-refractivity contribution is 8.14. The van der Waals surface area contributed by atoms with Gasteiger partial charge in [-0.1, -0.05) is 39.5 Å². The molecule has 0 fully saturated rings. The molecule has 2 atom stereocenters. The number of nitrogens with zero attached hydrogens (tertiary/aromatic N) is 2. The SMILES string of the molecule is CCC(NC1=NCC(CC(C)(C)C)S1)c1nccs1. The minimum Gasteiger partial charge on any atom is -0.356 e. The Morgan fingerprint density at radius 2 is 2.26 bits per heavy atom.